The standard InChI is InChI=1S/C11H15/c1-2-4-6-8-10-11-9-7-5-3-1/h1-5,10-11H,6-9H2/b2-1-,5-3-,11-10-. The van der Waals surface area contributed by atoms with E-state index < -0.39 is 0 Å². The van der Waals surface area contributed by atoms with Gasteiger partial charge < -0.3 is 0 Å². The topological polar surface area (TPSA) is 0 Å². The molecule has 0 aliphatic heterocycles. The van der Waals surface area contributed by atoms with Crippen LogP contribution in [-0.2, 0) is 0 Å². The smallest absolute Gasteiger partial charge is 0.0164 e. The second kappa shape index (κ2) is 5.96. The van der Waals surface area contributed by atoms with Crippen molar-refractivity contribution in [2.45, 2.75) is 25.7 Å². The van der Waals surface area contributed by atoms with Gasteiger partial charge in [0.2, 0.25) is 0 Å². The predicted molar refractivity (Wildman–Crippen MR) is 50.2 cm³/mol. The molecule has 59 valence electrons. The molecule has 0 heteroatoms. The number of hydrogen-bond donors (Lipinski definition) is 0. The largest absolute Gasteiger partial charge is 0.0885 e. The molecule has 0 saturated heterocycles. The molecule has 0 atom stereocenters. The highest BCUT2D eigenvalue weighted by molar-refractivity contribution is 5.08. The Morgan fingerprint density at radius 3 is 2.18 bits per heavy atom. The molecule has 0 unspecified atom stereocenters. The molecule has 0 nitrogen and oxygen atoms in total. The van der Waals surface area contributed by atoms with Gasteiger partial charge in [0.1, 0.15) is 0 Å². The Kier molecular flexibility index (Phi) is 4.51. The summed E-state index contributed by atoms with van der Waals surface area (Å²) in [6.07, 6.45) is 20.0. The van der Waals surface area contributed by atoms with Crippen LogP contribution in [-0.4, -0.2) is 0 Å². The number of hydrogen-bond acceptors (Lipinski definition) is 0. The van der Waals surface area contributed by atoms with Crippen molar-refractivity contribution in [2.75, 3.05) is 0 Å². The Balaban J connectivity index is 2.34. The maximum Gasteiger partial charge on any atom is -0.0164 e. The zero-order valence-corrected chi connectivity index (χ0v) is 6.87. The molecule has 1 radical (unpaired) electrons. The molecule has 0 N–H and O–H groups in total. The second-order valence-electron chi connectivity index (χ2n) is 2.67. The molecule has 1 aliphatic carbocycles. The van der Waals surface area contributed by atoms with Crippen molar-refractivity contribution >= 4 is 0 Å². The molecular formula is C11H15. The summed E-state index contributed by atoms with van der Waals surface area (Å²) in [5.74, 6) is 0. The predicted octanol–water partition coefficient (Wildman–Crippen LogP) is 3.43. The van der Waals surface area contributed by atoms with Crippen molar-refractivity contribution in [3.05, 3.63) is 42.9 Å². The molecule has 0 amide bonds. The number of allylic oxidation sites excluding steroid dienone is 6. The Labute approximate surface area is 69.3 Å². The second-order valence-corrected chi connectivity index (χ2v) is 2.67. The van der Waals surface area contributed by atoms with E-state index in [1.54, 1.807) is 0 Å². The summed E-state index contributed by atoms with van der Waals surface area (Å²) < 4.78 is 0. The van der Waals surface area contributed by atoms with Crippen molar-refractivity contribution in [3.8, 4) is 0 Å². The van der Waals surface area contributed by atoms with Crippen LogP contribution < -0.4 is 0 Å². The van der Waals surface area contributed by atoms with E-state index in [4.69, 9.17) is 0 Å². The molecule has 0 saturated carbocycles. The van der Waals surface area contributed by atoms with Gasteiger partial charge in [-0.1, -0.05) is 36.5 Å². The third kappa shape index (κ3) is 4.60. The Morgan fingerprint density at radius 1 is 0.545 bits per heavy atom. The Morgan fingerprint density at radius 2 is 1.27 bits per heavy atom. The van der Waals surface area contributed by atoms with Crippen LogP contribution in [0.5, 0.6) is 0 Å². The quantitative estimate of drug-likeness (QED) is 0.460. The lowest BCUT2D eigenvalue weighted by molar-refractivity contribution is 0.981. The van der Waals surface area contributed by atoms with E-state index in [2.05, 4.69) is 42.9 Å². The van der Waals surface area contributed by atoms with Gasteiger partial charge in [-0.25, -0.2) is 0 Å². The molecule has 0 aromatic heterocycles. The van der Waals surface area contributed by atoms with Gasteiger partial charge in [0.05, 0.1) is 0 Å². The maximum atomic E-state index is 2.27. The fourth-order valence-corrected chi connectivity index (χ4v) is 1.03. The Bertz CT molecular complexity index is 161. The van der Waals surface area contributed by atoms with Crippen LogP contribution in [0.1, 0.15) is 25.7 Å². The SMILES string of the molecule is [CH]1/C=C\C=C/CC/C=C\CC1. The first kappa shape index (κ1) is 8.32. The first-order valence-corrected chi connectivity index (χ1v) is 4.30. The summed E-state index contributed by atoms with van der Waals surface area (Å²) >= 11 is 0. The van der Waals surface area contributed by atoms with Crippen molar-refractivity contribution in [3.63, 3.8) is 0 Å². The lowest BCUT2D eigenvalue weighted by Gasteiger charge is -1.87. The fraction of sp³-hybridized carbons (Fsp3) is 0.364. The van der Waals surface area contributed by atoms with Gasteiger partial charge in [-0.3, -0.25) is 0 Å². The van der Waals surface area contributed by atoms with Crippen LogP contribution in [0.2, 0.25) is 0 Å². The molecule has 1 aliphatic rings. The maximum absolute atomic E-state index is 2.27. The van der Waals surface area contributed by atoms with Crippen LogP contribution in [0.3, 0.4) is 0 Å². The molecule has 11 heavy (non-hydrogen) atoms. The van der Waals surface area contributed by atoms with Gasteiger partial charge >= 0.3 is 0 Å². The highest BCUT2D eigenvalue weighted by Gasteiger charge is 1.82. The summed E-state index contributed by atoms with van der Waals surface area (Å²) in [7, 11) is 0. The van der Waals surface area contributed by atoms with Crippen LogP contribution in [0.15, 0.2) is 36.5 Å². The van der Waals surface area contributed by atoms with Gasteiger partial charge in [-0.2, -0.15) is 0 Å². The lowest BCUT2D eigenvalue weighted by atomic mass is 10.2. The van der Waals surface area contributed by atoms with Crippen LogP contribution in [0.25, 0.3) is 0 Å². The summed E-state index contributed by atoms with van der Waals surface area (Å²) in [5, 5.41) is 0. The zero-order chi connectivity index (χ0) is 7.78. The molecule has 0 aromatic carbocycles. The molecule has 0 spiro atoms. The molecule has 0 aromatic rings. The molecule has 1 rings (SSSR count). The van der Waals surface area contributed by atoms with Crippen molar-refractivity contribution in [2.24, 2.45) is 0 Å². The van der Waals surface area contributed by atoms with Crippen molar-refractivity contribution in [1.29, 1.82) is 0 Å². The third-order valence-corrected chi connectivity index (χ3v) is 1.66. The average Bonchev–Trinajstić information content (AvgIpc) is 2.08. The van der Waals surface area contributed by atoms with Gasteiger partial charge in [0, 0.05) is 0 Å². The van der Waals surface area contributed by atoms with Crippen LogP contribution in [0, 0.1) is 6.42 Å². The molecular weight excluding hydrogens is 132 g/mol. The van der Waals surface area contributed by atoms with E-state index in [1.165, 1.54) is 25.7 Å². The summed E-state index contributed by atoms with van der Waals surface area (Å²) in [4.78, 5) is 0. The zero-order valence-electron chi connectivity index (χ0n) is 6.87. The first-order chi connectivity index (χ1) is 5.50. The van der Waals surface area contributed by atoms with Gasteiger partial charge in [0.15, 0.2) is 0 Å². The van der Waals surface area contributed by atoms with E-state index >= 15 is 0 Å². The van der Waals surface area contributed by atoms with E-state index in [0.29, 0.717) is 0 Å². The lowest BCUT2D eigenvalue weighted by Crippen LogP contribution is -1.69. The highest BCUT2D eigenvalue weighted by Crippen LogP contribution is 2.01. The highest BCUT2D eigenvalue weighted by atomic mass is 13.9. The van der Waals surface area contributed by atoms with E-state index in [0.717, 1.165) is 0 Å². The molecule has 0 bridgehead atoms. The first-order valence-electron chi connectivity index (χ1n) is 4.30. The summed E-state index contributed by atoms with van der Waals surface area (Å²) in [6, 6.07) is 0. The number of rotatable bonds is 0. The summed E-state index contributed by atoms with van der Waals surface area (Å²) in [5.41, 5.74) is 0. The third-order valence-electron chi connectivity index (χ3n) is 1.66. The monoisotopic (exact) mass is 147 g/mol. The molecule has 0 fully saturated rings. The molecule has 0 heterocycles. The average molecular weight is 147 g/mol. The fourth-order valence-electron chi connectivity index (χ4n) is 1.03. The minimum absolute atomic E-state index is 1.17. The van der Waals surface area contributed by atoms with E-state index in [9.17, 15) is 0 Å². The normalized spacial score (nSPS) is 28.4. The minimum Gasteiger partial charge on any atom is -0.0885 e. The Hall–Kier alpha value is -0.780. The van der Waals surface area contributed by atoms with Crippen molar-refractivity contribution in [1.82, 2.24) is 0 Å². The van der Waals surface area contributed by atoms with Gasteiger partial charge in [0.25, 0.3) is 0 Å². The van der Waals surface area contributed by atoms with Crippen molar-refractivity contribution < 1.29 is 0 Å². The van der Waals surface area contributed by atoms with Gasteiger partial charge in [-0.05, 0) is 32.1 Å². The van der Waals surface area contributed by atoms with Gasteiger partial charge in [-0.15, -0.1) is 0 Å². The van der Waals surface area contributed by atoms with Crippen LogP contribution >= 0.6 is 0 Å². The minimum atomic E-state index is 1.17. The van der Waals surface area contributed by atoms with E-state index in [-0.39, 0.29) is 0 Å². The van der Waals surface area contributed by atoms with Crippen LogP contribution in [0.4, 0.5) is 0 Å². The summed E-state index contributed by atoms with van der Waals surface area (Å²) in [6.45, 7) is 0. The van der Waals surface area contributed by atoms with E-state index in [1.807, 2.05) is 0 Å².